The molecule has 1 aliphatic rings. The predicted octanol–water partition coefficient (Wildman–Crippen LogP) is 2.36. The predicted molar refractivity (Wildman–Crippen MR) is 127 cm³/mol. The van der Waals surface area contributed by atoms with Crippen molar-refractivity contribution in [2.24, 2.45) is 0 Å². The molecule has 1 aromatic carbocycles. The normalized spacial score (nSPS) is 14.1. The van der Waals surface area contributed by atoms with Crippen molar-refractivity contribution in [1.82, 2.24) is 14.4 Å². The van der Waals surface area contributed by atoms with Gasteiger partial charge in [0, 0.05) is 50.2 Å². The van der Waals surface area contributed by atoms with E-state index in [2.05, 4.69) is 10.2 Å². The van der Waals surface area contributed by atoms with Gasteiger partial charge in [0.15, 0.2) is 11.5 Å². The van der Waals surface area contributed by atoms with Crippen LogP contribution in [0.1, 0.15) is 21.8 Å². The van der Waals surface area contributed by atoms with Gasteiger partial charge in [0.1, 0.15) is 6.54 Å². The molecule has 0 unspecified atom stereocenters. The highest BCUT2D eigenvalue weighted by Gasteiger charge is 2.24. The Bertz CT molecular complexity index is 1210. The highest BCUT2D eigenvalue weighted by molar-refractivity contribution is 5.91. The fraction of sp³-hybridized carbons (Fsp3) is 0.320. The molecule has 0 atom stereocenters. The van der Waals surface area contributed by atoms with Crippen molar-refractivity contribution in [2.75, 3.05) is 38.6 Å². The average molecular weight is 465 g/mol. The number of methoxy groups -OCH3 is 1. The van der Waals surface area contributed by atoms with Crippen LogP contribution in [0.25, 0.3) is 0 Å². The fourth-order valence-corrected chi connectivity index (χ4v) is 4.00. The molecule has 9 nitrogen and oxygen atoms in total. The van der Waals surface area contributed by atoms with Gasteiger partial charge in [-0.1, -0.05) is 12.1 Å². The topological polar surface area (TPSA) is 97.0 Å². The number of rotatable bonds is 7. The van der Waals surface area contributed by atoms with E-state index in [1.54, 1.807) is 27.8 Å². The minimum absolute atomic E-state index is 0.0386. The van der Waals surface area contributed by atoms with Crippen LogP contribution in [-0.4, -0.2) is 59.5 Å². The zero-order valence-corrected chi connectivity index (χ0v) is 19.3. The summed E-state index contributed by atoms with van der Waals surface area (Å²) < 4.78 is 12.1. The summed E-state index contributed by atoms with van der Waals surface area (Å²) in [5, 5.41) is 2.90. The summed E-state index contributed by atoms with van der Waals surface area (Å²) >= 11 is 0. The molecular formula is C25H28N4O5. The second-order valence-electron chi connectivity index (χ2n) is 8.29. The summed E-state index contributed by atoms with van der Waals surface area (Å²) in [5.41, 5.74) is 2.24. The zero-order valence-electron chi connectivity index (χ0n) is 19.3. The molecule has 0 spiro atoms. The Balaban J connectivity index is 1.44. The number of aryl methyl sites for hydroxylation is 1. The van der Waals surface area contributed by atoms with Crippen molar-refractivity contribution in [3.63, 3.8) is 0 Å². The second-order valence-corrected chi connectivity index (χ2v) is 8.29. The number of hydrogen-bond donors (Lipinski definition) is 1. The number of carbonyl (C=O) groups is 2. The highest BCUT2D eigenvalue weighted by Crippen LogP contribution is 2.15. The van der Waals surface area contributed by atoms with Gasteiger partial charge >= 0.3 is 0 Å². The van der Waals surface area contributed by atoms with E-state index in [1.165, 1.54) is 19.4 Å². The molecule has 2 amide bonds. The lowest BCUT2D eigenvalue weighted by Crippen LogP contribution is -2.48. The number of anilines is 1. The van der Waals surface area contributed by atoms with E-state index in [9.17, 15) is 14.4 Å². The van der Waals surface area contributed by atoms with Crippen LogP contribution in [0.3, 0.4) is 0 Å². The van der Waals surface area contributed by atoms with E-state index in [4.69, 9.17) is 9.15 Å². The second kappa shape index (κ2) is 10.4. The maximum Gasteiger partial charge on any atom is 0.289 e. The van der Waals surface area contributed by atoms with Crippen LogP contribution < -0.4 is 15.5 Å². The molecule has 1 fully saturated rings. The number of nitrogens with one attached hydrogen (secondary N) is 1. The van der Waals surface area contributed by atoms with E-state index < -0.39 is 0 Å². The summed E-state index contributed by atoms with van der Waals surface area (Å²) in [5.74, 6) is 0.184. The van der Waals surface area contributed by atoms with Gasteiger partial charge in [-0.3, -0.25) is 19.3 Å². The van der Waals surface area contributed by atoms with Crippen molar-refractivity contribution in [1.29, 1.82) is 0 Å². The van der Waals surface area contributed by atoms with E-state index in [-0.39, 0.29) is 29.5 Å². The van der Waals surface area contributed by atoms with Crippen LogP contribution in [0, 0.1) is 6.92 Å². The first kappa shape index (κ1) is 23.3. The molecular weight excluding hydrogens is 436 g/mol. The number of carbonyl (C=O) groups excluding carboxylic acids is 2. The largest absolute Gasteiger partial charge is 0.491 e. The third-order valence-electron chi connectivity index (χ3n) is 5.80. The van der Waals surface area contributed by atoms with E-state index >= 15 is 0 Å². The highest BCUT2D eigenvalue weighted by atomic mass is 16.5. The summed E-state index contributed by atoms with van der Waals surface area (Å²) in [6, 6.07) is 12.4. The maximum absolute atomic E-state index is 12.7. The molecule has 34 heavy (non-hydrogen) atoms. The van der Waals surface area contributed by atoms with Crippen LogP contribution >= 0.6 is 0 Å². The maximum atomic E-state index is 12.7. The van der Waals surface area contributed by atoms with E-state index in [0.717, 1.165) is 11.3 Å². The first-order valence-corrected chi connectivity index (χ1v) is 11.1. The first-order valence-electron chi connectivity index (χ1n) is 11.1. The lowest BCUT2D eigenvalue weighted by atomic mass is 10.2. The van der Waals surface area contributed by atoms with Gasteiger partial charge in [0.05, 0.1) is 19.6 Å². The molecule has 178 valence electrons. The molecule has 1 saturated heterocycles. The van der Waals surface area contributed by atoms with Crippen molar-refractivity contribution >= 4 is 17.5 Å². The Labute approximate surface area is 197 Å². The number of pyridine rings is 1. The molecule has 1 aliphatic heterocycles. The standard InChI is InChI=1S/C25H28N4O5/c1-18-5-3-6-19(13-18)26-24(31)17-29-16-23(33-2)21(30)14-20(29)15-27-8-10-28(11-9-27)25(32)22-7-4-12-34-22/h3-7,12-14,16H,8-11,15,17H2,1-2H3,(H,26,31). The minimum Gasteiger partial charge on any atom is -0.491 e. The molecule has 0 saturated carbocycles. The smallest absolute Gasteiger partial charge is 0.289 e. The molecule has 0 radical (unpaired) electrons. The van der Waals surface area contributed by atoms with Crippen LogP contribution in [0.15, 0.2) is 64.1 Å². The Morgan fingerprint density at radius 2 is 1.88 bits per heavy atom. The summed E-state index contributed by atoms with van der Waals surface area (Å²) in [7, 11) is 1.43. The Morgan fingerprint density at radius 3 is 2.56 bits per heavy atom. The number of furan rings is 1. The van der Waals surface area contributed by atoms with E-state index in [1.807, 2.05) is 31.2 Å². The molecule has 9 heteroatoms. The van der Waals surface area contributed by atoms with Gasteiger partial charge in [-0.05, 0) is 36.8 Å². The van der Waals surface area contributed by atoms with Gasteiger partial charge in [-0.15, -0.1) is 0 Å². The number of benzene rings is 1. The lowest BCUT2D eigenvalue weighted by molar-refractivity contribution is -0.116. The summed E-state index contributed by atoms with van der Waals surface area (Å²) in [6.07, 6.45) is 3.06. The summed E-state index contributed by atoms with van der Waals surface area (Å²) in [4.78, 5) is 41.6. The van der Waals surface area contributed by atoms with Crippen LogP contribution in [0.4, 0.5) is 5.69 Å². The third-order valence-corrected chi connectivity index (χ3v) is 5.80. The lowest BCUT2D eigenvalue weighted by Gasteiger charge is -2.34. The van der Waals surface area contributed by atoms with Gasteiger partial charge in [-0.2, -0.15) is 0 Å². The molecule has 2 aromatic heterocycles. The molecule has 4 rings (SSSR count). The minimum atomic E-state index is -0.237. The fourth-order valence-electron chi connectivity index (χ4n) is 4.00. The molecule has 1 N–H and O–H groups in total. The number of nitrogens with zero attached hydrogens (tertiary/aromatic N) is 3. The zero-order chi connectivity index (χ0) is 24.1. The average Bonchev–Trinajstić information content (AvgIpc) is 3.36. The quantitative estimate of drug-likeness (QED) is 0.577. The van der Waals surface area contributed by atoms with Crippen molar-refractivity contribution < 1.29 is 18.7 Å². The third kappa shape index (κ3) is 5.55. The number of ether oxygens (including phenoxy) is 1. The molecule has 0 bridgehead atoms. The Hall–Kier alpha value is -3.85. The Kier molecular flexibility index (Phi) is 7.12. The van der Waals surface area contributed by atoms with Crippen molar-refractivity contribution in [2.45, 2.75) is 20.0 Å². The number of amides is 2. The molecule has 3 aromatic rings. The van der Waals surface area contributed by atoms with E-state index in [0.29, 0.717) is 44.2 Å². The van der Waals surface area contributed by atoms with Gasteiger partial charge in [-0.25, -0.2) is 0 Å². The van der Waals surface area contributed by atoms with Crippen LogP contribution in [-0.2, 0) is 17.9 Å². The Morgan fingerprint density at radius 1 is 1.09 bits per heavy atom. The van der Waals surface area contributed by atoms with Crippen molar-refractivity contribution in [3.8, 4) is 5.75 Å². The number of hydrogen-bond acceptors (Lipinski definition) is 6. The molecule has 0 aliphatic carbocycles. The monoisotopic (exact) mass is 464 g/mol. The van der Waals surface area contributed by atoms with Gasteiger partial charge < -0.3 is 23.9 Å². The molecule has 3 heterocycles. The van der Waals surface area contributed by atoms with Crippen LogP contribution in [0.2, 0.25) is 0 Å². The number of piperazine rings is 1. The van der Waals surface area contributed by atoms with Crippen LogP contribution in [0.5, 0.6) is 5.75 Å². The van der Waals surface area contributed by atoms with Gasteiger partial charge in [0.2, 0.25) is 11.3 Å². The summed E-state index contributed by atoms with van der Waals surface area (Å²) in [6.45, 7) is 4.85. The van der Waals surface area contributed by atoms with Gasteiger partial charge in [0.25, 0.3) is 5.91 Å². The SMILES string of the molecule is COc1cn(CC(=O)Nc2cccc(C)c2)c(CN2CCN(C(=O)c3ccco3)CC2)cc1=O. The number of aromatic nitrogens is 1. The first-order chi connectivity index (χ1) is 16.4. The van der Waals surface area contributed by atoms with Crippen molar-refractivity contribution in [3.05, 3.63) is 82.2 Å².